The second kappa shape index (κ2) is 12.8. The zero-order chi connectivity index (χ0) is 27.0. The van der Waals surface area contributed by atoms with Gasteiger partial charge in [-0.15, -0.1) is 0 Å². The number of nitrogens with one attached hydrogen (secondary N) is 2. The van der Waals surface area contributed by atoms with Crippen LogP contribution in [0.2, 0.25) is 15.1 Å². The number of para-hydroxylation sites is 1. The van der Waals surface area contributed by atoms with Gasteiger partial charge in [-0.2, -0.15) is 5.10 Å². The molecule has 0 aliphatic carbocycles. The van der Waals surface area contributed by atoms with E-state index in [9.17, 15) is 18.0 Å². The summed E-state index contributed by atoms with van der Waals surface area (Å²) in [5.74, 6) is -0.622. The van der Waals surface area contributed by atoms with Crippen LogP contribution >= 0.6 is 34.8 Å². The summed E-state index contributed by atoms with van der Waals surface area (Å²) >= 11 is 18.1. The Balaban J connectivity index is 1.52. The number of anilines is 2. The first-order chi connectivity index (χ1) is 17.5. The third-order valence-electron chi connectivity index (χ3n) is 4.67. The van der Waals surface area contributed by atoms with E-state index in [0.717, 1.165) is 10.6 Å². The molecular formula is C24H21Cl3N4O5S. The lowest BCUT2D eigenvalue weighted by molar-refractivity contribution is -0.119. The summed E-state index contributed by atoms with van der Waals surface area (Å²) in [5.41, 5.74) is 3.45. The number of benzene rings is 3. The largest absolute Gasteiger partial charge is 0.484 e. The van der Waals surface area contributed by atoms with Crippen LogP contribution in [0.15, 0.2) is 71.8 Å². The predicted octanol–water partition coefficient (Wildman–Crippen LogP) is 4.58. The normalized spacial score (nSPS) is 11.2. The lowest BCUT2D eigenvalue weighted by atomic mass is 10.2. The number of carbonyl (C=O) groups is 2. The van der Waals surface area contributed by atoms with Gasteiger partial charge in [0.2, 0.25) is 10.0 Å². The van der Waals surface area contributed by atoms with E-state index >= 15 is 0 Å². The molecule has 3 rings (SSSR count). The van der Waals surface area contributed by atoms with Crippen LogP contribution in [0.25, 0.3) is 0 Å². The summed E-state index contributed by atoms with van der Waals surface area (Å²) in [5, 5.41) is 7.31. The van der Waals surface area contributed by atoms with Gasteiger partial charge in [0.1, 0.15) is 12.3 Å². The molecule has 13 heteroatoms. The number of ether oxygens (including phenoxy) is 1. The highest BCUT2D eigenvalue weighted by Gasteiger charge is 2.23. The molecule has 0 radical (unpaired) electrons. The van der Waals surface area contributed by atoms with E-state index in [1.54, 1.807) is 48.5 Å². The lowest BCUT2D eigenvalue weighted by Gasteiger charge is -2.22. The van der Waals surface area contributed by atoms with E-state index in [1.165, 1.54) is 24.4 Å². The summed E-state index contributed by atoms with van der Waals surface area (Å²) in [6.07, 6.45) is 2.31. The third kappa shape index (κ3) is 8.64. The SMILES string of the molecule is CS(=O)(=O)N(CC(=O)N/N=C\c1ccc(OCC(=O)Nc2ccccc2Cl)cc1)c1cc(Cl)ccc1Cl. The Morgan fingerprint density at radius 2 is 1.68 bits per heavy atom. The maximum atomic E-state index is 12.3. The fraction of sp³-hybridized carbons (Fsp3) is 0.125. The summed E-state index contributed by atoms with van der Waals surface area (Å²) in [4.78, 5) is 24.4. The van der Waals surface area contributed by atoms with Crippen LogP contribution in [-0.2, 0) is 19.6 Å². The molecule has 0 unspecified atom stereocenters. The lowest BCUT2D eigenvalue weighted by Crippen LogP contribution is -2.39. The molecule has 0 atom stereocenters. The van der Waals surface area contributed by atoms with Gasteiger partial charge in [0.05, 0.1) is 33.9 Å². The highest BCUT2D eigenvalue weighted by Crippen LogP contribution is 2.30. The van der Waals surface area contributed by atoms with Crippen molar-refractivity contribution in [3.8, 4) is 5.75 Å². The number of carbonyl (C=O) groups excluding carboxylic acids is 2. The summed E-state index contributed by atoms with van der Waals surface area (Å²) in [6, 6.07) is 17.7. The minimum Gasteiger partial charge on any atom is -0.484 e. The van der Waals surface area contributed by atoms with Crippen molar-refractivity contribution in [2.45, 2.75) is 0 Å². The Hall–Kier alpha value is -3.31. The molecule has 0 saturated carbocycles. The predicted molar refractivity (Wildman–Crippen MR) is 146 cm³/mol. The fourth-order valence-electron chi connectivity index (χ4n) is 2.95. The van der Waals surface area contributed by atoms with Gasteiger partial charge in [0.15, 0.2) is 6.61 Å². The Bertz CT molecular complexity index is 1420. The number of halogens is 3. The van der Waals surface area contributed by atoms with Gasteiger partial charge in [0, 0.05) is 5.02 Å². The Kier molecular flexibility index (Phi) is 9.76. The van der Waals surface area contributed by atoms with Gasteiger partial charge in [-0.05, 0) is 60.2 Å². The maximum absolute atomic E-state index is 12.3. The van der Waals surface area contributed by atoms with Crippen molar-refractivity contribution < 1.29 is 22.7 Å². The number of amides is 2. The molecule has 0 fully saturated rings. The summed E-state index contributed by atoms with van der Waals surface area (Å²) in [7, 11) is -3.84. The van der Waals surface area contributed by atoms with Gasteiger partial charge in [-0.25, -0.2) is 13.8 Å². The van der Waals surface area contributed by atoms with E-state index in [2.05, 4.69) is 15.8 Å². The number of nitrogens with zero attached hydrogens (tertiary/aromatic N) is 2. The van der Waals surface area contributed by atoms with Crippen molar-refractivity contribution in [1.29, 1.82) is 0 Å². The first kappa shape index (κ1) is 28.3. The van der Waals surface area contributed by atoms with Crippen LogP contribution in [0.4, 0.5) is 11.4 Å². The Morgan fingerprint density at radius 1 is 0.973 bits per heavy atom. The molecule has 3 aromatic carbocycles. The number of hydrogen-bond acceptors (Lipinski definition) is 6. The third-order valence-corrected chi connectivity index (χ3v) is 6.68. The van der Waals surface area contributed by atoms with Crippen LogP contribution in [0.1, 0.15) is 5.56 Å². The van der Waals surface area contributed by atoms with Crippen LogP contribution in [-0.4, -0.2) is 45.9 Å². The molecule has 0 aliphatic rings. The quantitative estimate of drug-likeness (QED) is 0.268. The number of sulfonamides is 1. The van der Waals surface area contributed by atoms with E-state index in [1.807, 2.05) is 0 Å². The topological polar surface area (TPSA) is 117 Å². The van der Waals surface area contributed by atoms with Gasteiger partial charge in [-0.3, -0.25) is 13.9 Å². The summed E-state index contributed by atoms with van der Waals surface area (Å²) < 4.78 is 30.7. The average molecular weight is 584 g/mol. The van der Waals surface area contributed by atoms with E-state index in [0.29, 0.717) is 22.0 Å². The standard InChI is InChI=1S/C24H21Cl3N4O5S/c1-37(34,35)31(22-12-17(25)8-11-20(22)27)14-23(32)30-28-13-16-6-9-18(10-7-16)36-15-24(33)29-21-5-3-2-4-19(21)26/h2-13H,14-15H2,1H3,(H,29,33)(H,30,32)/b28-13-. The smallest absolute Gasteiger partial charge is 0.262 e. The zero-order valence-corrected chi connectivity index (χ0v) is 22.4. The van der Waals surface area contributed by atoms with Gasteiger partial charge in [-0.1, -0.05) is 46.9 Å². The molecule has 37 heavy (non-hydrogen) atoms. The number of hydrogen-bond donors (Lipinski definition) is 2. The van der Waals surface area contributed by atoms with Crippen molar-refractivity contribution in [3.05, 3.63) is 87.4 Å². The Labute approximate surface area is 229 Å². The van der Waals surface area contributed by atoms with Crippen molar-refractivity contribution in [3.63, 3.8) is 0 Å². The molecule has 0 saturated heterocycles. The minimum atomic E-state index is -3.84. The van der Waals surface area contributed by atoms with Crippen molar-refractivity contribution in [1.82, 2.24) is 5.43 Å². The van der Waals surface area contributed by atoms with Crippen molar-refractivity contribution in [2.24, 2.45) is 5.10 Å². The highest BCUT2D eigenvalue weighted by molar-refractivity contribution is 7.92. The van der Waals surface area contributed by atoms with Gasteiger partial charge < -0.3 is 10.1 Å². The van der Waals surface area contributed by atoms with E-state index in [-0.39, 0.29) is 28.2 Å². The molecule has 0 aliphatic heterocycles. The molecule has 0 aromatic heterocycles. The number of hydrazone groups is 1. The molecular weight excluding hydrogens is 563 g/mol. The molecule has 2 N–H and O–H groups in total. The second-order valence-electron chi connectivity index (χ2n) is 7.54. The van der Waals surface area contributed by atoms with E-state index in [4.69, 9.17) is 39.5 Å². The summed E-state index contributed by atoms with van der Waals surface area (Å²) in [6.45, 7) is -0.776. The first-order valence-corrected chi connectivity index (χ1v) is 13.5. The average Bonchev–Trinajstić information content (AvgIpc) is 2.84. The molecule has 0 heterocycles. The minimum absolute atomic E-state index is 0.0759. The fourth-order valence-corrected chi connectivity index (χ4v) is 4.43. The molecule has 194 valence electrons. The molecule has 2 amide bonds. The molecule has 0 spiro atoms. The second-order valence-corrected chi connectivity index (χ2v) is 10.7. The monoisotopic (exact) mass is 582 g/mol. The zero-order valence-electron chi connectivity index (χ0n) is 19.3. The highest BCUT2D eigenvalue weighted by atomic mass is 35.5. The van der Waals surface area contributed by atoms with Crippen molar-refractivity contribution in [2.75, 3.05) is 29.0 Å². The van der Waals surface area contributed by atoms with Gasteiger partial charge >= 0.3 is 0 Å². The van der Waals surface area contributed by atoms with E-state index < -0.39 is 22.5 Å². The molecule has 0 bridgehead atoms. The van der Waals surface area contributed by atoms with Crippen LogP contribution in [0, 0.1) is 0 Å². The maximum Gasteiger partial charge on any atom is 0.262 e. The van der Waals surface area contributed by atoms with Crippen LogP contribution in [0.3, 0.4) is 0 Å². The molecule has 3 aromatic rings. The van der Waals surface area contributed by atoms with Gasteiger partial charge in [0.25, 0.3) is 11.8 Å². The number of rotatable bonds is 10. The first-order valence-electron chi connectivity index (χ1n) is 10.5. The van der Waals surface area contributed by atoms with Crippen molar-refractivity contribution >= 4 is 74.2 Å². The van der Waals surface area contributed by atoms with Crippen LogP contribution in [0.5, 0.6) is 5.75 Å². The Morgan fingerprint density at radius 3 is 2.35 bits per heavy atom. The van der Waals surface area contributed by atoms with Crippen LogP contribution < -0.4 is 19.8 Å². The molecule has 9 nitrogen and oxygen atoms in total.